The molecule has 0 spiro atoms. The standard InChI is InChI=1S/C14H28O2.C4H9NO2/c1-2-3-4-5-6-7-8-9-10-11-12-13-14(15)16;1-5(2)3-4(6)7/h2-13H2,1H3,(H,15,16);3H2,1-2H3,(H,6,7). The fraction of sp³-hybridized carbons (Fsp3) is 0.889. The zero-order valence-electron chi connectivity index (χ0n) is 15.4. The van der Waals surface area contributed by atoms with Crippen molar-refractivity contribution in [3.63, 3.8) is 0 Å². The van der Waals surface area contributed by atoms with Gasteiger partial charge in [0.1, 0.15) is 0 Å². The van der Waals surface area contributed by atoms with E-state index in [1.165, 1.54) is 57.8 Å². The van der Waals surface area contributed by atoms with Gasteiger partial charge < -0.3 is 10.2 Å². The summed E-state index contributed by atoms with van der Waals surface area (Å²) in [4.78, 5) is 21.6. The monoisotopic (exact) mass is 331 g/mol. The van der Waals surface area contributed by atoms with Gasteiger partial charge in [0.25, 0.3) is 0 Å². The number of nitrogens with zero attached hydrogens (tertiary/aromatic N) is 1. The highest BCUT2D eigenvalue weighted by atomic mass is 16.4. The number of carboxylic acid groups (broad SMARTS) is 2. The summed E-state index contributed by atoms with van der Waals surface area (Å²) < 4.78 is 0. The summed E-state index contributed by atoms with van der Waals surface area (Å²) in [5.74, 6) is -1.44. The Bertz CT molecular complexity index is 280. The molecule has 0 aromatic heterocycles. The molecule has 23 heavy (non-hydrogen) atoms. The molecule has 0 aliphatic heterocycles. The molecule has 0 rings (SSSR count). The molecule has 138 valence electrons. The van der Waals surface area contributed by atoms with Crippen LogP contribution in [0.4, 0.5) is 0 Å². The first kappa shape index (κ1) is 24.2. The molecule has 0 heterocycles. The largest absolute Gasteiger partial charge is 0.481 e. The fourth-order valence-electron chi connectivity index (χ4n) is 2.21. The maximum atomic E-state index is 10.3. The summed E-state index contributed by atoms with van der Waals surface area (Å²) in [6.45, 7) is 2.36. The van der Waals surface area contributed by atoms with Crippen molar-refractivity contribution < 1.29 is 19.8 Å². The van der Waals surface area contributed by atoms with Gasteiger partial charge in [-0.25, -0.2) is 0 Å². The van der Waals surface area contributed by atoms with Crippen LogP contribution in [-0.4, -0.2) is 47.7 Å². The Morgan fingerprint density at radius 2 is 1.09 bits per heavy atom. The van der Waals surface area contributed by atoms with Gasteiger partial charge in [-0.15, -0.1) is 0 Å². The molecule has 0 aliphatic carbocycles. The van der Waals surface area contributed by atoms with Crippen molar-refractivity contribution in [3.05, 3.63) is 0 Å². The highest BCUT2D eigenvalue weighted by Crippen LogP contribution is 2.11. The molecule has 0 atom stereocenters. The minimum atomic E-state index is -0.787. The molecular weight excluding hydrogens is 294 g/mol. The Morgan fingerprint density at radius 1 is 0.696 bits per heavy atom. The molecule has 0 aliphatic rings. The van der Waals surface area contributed by atoms with Crippen LogP contribution >= 0.6 is 0 Å². The smallest absolute Gasteiger partial charge is 0.317 e. The highest BCUT2D eigenvalue weighted by Gasteiger charge is 1.96. The number of carbonyl (C=O) groups is 2. The second kappa shape index (κ2) is 18.9. The highest BCUT2D eigenvalue weighted by molar-refractivity contribution is 5.68. The molecule has 0 fully saturated rings. The Hall–Kier alpha value is -1.10. The van der Waals surface area contributed by atoms with E-state index < -0.39 is 11.9 Å². The normalized spacial score (nSPS) is 10.3. The zero-order chi connectivity index (χ0) is 17.9. The number of aliphatic carboxylic acids is 2. The van der Waals surface area contributed by atoms with E-state index in [-0.39, 0.29) is 6.54 Å². The number of hydrogen-bond acceptors (Lipinski definition) is 3. The quantitative estimate of drug-likeness (QED) is 0.461. The topological polar surface area (TPSA) is 77.8 Å². The van der Waals surface area contributed by atoms with Crippen LogP contribution in [0.15, 0.2) is 0 Å². The maximum Gasteiger partial charge on any atom is 0.317 e. The molecule has 5 heteroatoms. The van der Waals surface area contributed by atoms with Crippen LogP contribution in [0, 0.1) is 0 Å². The number of hydrogen-bond donors (Lipinski definition) is 2. The summed E-state index contributed by atoms with van der Waals surface area (Å²) in [7, 11) is 3.43. The molecule has 0 unspecified atom stereocenters. The summed E-state index contributed by atoms with van der Waals surface area (Å²) in [6, 6.07) is 0. The van der Waals surface area contributed by atoms with Gasteiger partial charge in [0.15, 0.2) is 0 Å². The van der Waals surface area contributed by atoms with Crippen molar-refractivity contribution >= 4 is 11.9 Å². The summed E-state index contributed by atoms with van der Waals surface area (Å²) in [5.41, 5.74) is 0. The van der Waals surface area contributed by atoms with Gasteiger partial charge in [0.2, 0.25) is 0 Å². The lowest BCUT2D eigenvalue weighted by molar-refractivity contribution is -0.138. The number of likely N-dealkylation sites (N-methyl/N-ethyl adjacent to an activating group) is 1. The van der Waals surface area contributed by atoms with Crippen LogP contribution in [0.3, 0.4) is 0 Å². The van der Waals surface area contributed by atoms with Gasteiger partial charge in [0, 0.05) is 6.42 Å². The van der Waals surface area contributed by atoms with E-state index >= 15 is 0 Å². The molecule has 2 N–H and O–H groups in total. The average molecular weight is 331 g/mol. The van der Waals surface area contributed by atoms with E-state index in [0.29, 0.717) is 6.42 Å². The van der Waals surface area contributed by atoms with Crippen molar-refractivity contribution in [1.82, 2.24) is 4.90 Å². The van der Waals surface area contributed by atoms with Crippen LogP contribution in [-0.2, 0) is 9.59 Å². The first-order valence-electron chi connectivity index (χ1n) is 8.98. The van der Waals surface area contributed by atoms with E-state index in [9.17, 15) is 9.59 Å². The molecule has 0 bridgehead atoms. The molecule has 0 saturated carbocycles. The average Bonchev–Trinajstić information content (AvgIpc) is 2.43. The zero-order valence-corrected chi connectivity index (χ0v) is 15.4. The van der Waals surface area contributed by atoms with Crippen molar-refractivity contribution in [2.24, 2.45) is 0 Å². The maximum absolute atomic E-state index is 10.3. The molecule has 0 aromatic rings. The first-order chi connectivity index (χ1) is 10.9. The Labute approximate surface area is 142 Å². The number of rotatable bonds is 14. The lowest BCUT2D eigenvalue weighted by Crippen LogP contribution is -2.20. The van der Waals surface area contributed by atoms with E-state index in [1.54, 1.807) is 19.0 Å². The summed E-state index contributed by atoms with van der Waals surface area (Å²) in [5, 5.41) is 16.5. The third-order valence-electron chi connectivity index (χ3n) is 3.45. The molecule has 0 aromatic carbocycles. The lowest BCUT2D eigenvalue weighted by atomic mass is 10.1. The summed E-state index contributed by atoms with van der Waals surface area (Å²) in [6.07, 6.45) is 14.4. The van der Waals surface area contributed by atoms with Crippen LogP contribution in [0.2, 0.25) is 0 Å². The van der Waals surface area contributed by atoms with E-state index in [0.717, 1.165) is 12.8 Å². The Balaban J connectivity index is 0. The van der Waals surface area contributed by atoms with Gasteiger partial charge in [0.05, 0.1) is 6.54 Å². The SMILES string of the molecule is CCCCCCCCCCCCCC(=O)O.CN(C)CC(=O)O. The fourth-order valence-corrected chi connectivity index (χ4v) is 2.21. The molecule has 5 nitrogen and oxygen atoms in total. The van der Waals surface area contributed by atoms with E-state index in [1.807, 2.05) is 0 Å². The van der Waals surface area contributed by atoms with Crippen LogP contribution in [0.1, 0.15) is 84.0 Å². The number of unbranched alkanes of at least 4 members (excludes halogenated alkanes) is 10. The van der Waals surface area contributed by atoms with Crippen LogP contribution < -0.4 is 0 Å². The third-order valence-corrected chi connectivity index (χ3v) is 3.45. The molecular formula is C18H37NO4. The first-order valence-corrected chi connectivity index (χ1v) is 8.98. The second-order valence-electron chi connectivity index (χ2n) is 6.31. The van der Waals surface area contributed by atoms with Gasteiger partial charge >= 0.3 is 11.9 Å². The van der Waals surface area contributed by atoms with Crippen molar-refractivity contribution in [2.45, 2.75) is 84.0 Å². The minimum absolute atomic E-state index is 0.111. The van der Waals surface area contributed by atoms with Crippen molar-refractivity contribution in [3.8, 4) is 0 Å². The van der Waals surface area contributed by atoms with Gasteiger partial charge in [-0.05, 0) is 20.5 Å². The second-order valence-corrected chi connectivity index (χ2v) is 6.31. The molecule has 0 saturated heterocycles. The van der Waals surface area contributed by atoms with Crippen molar-refractivity contribution in [2.75, 3.05) is 20.6 Å². The number of carboxylic acids is 2. The van der Waals surface area contributed by atoms with Gasteiger partial charge in [-0.3, -0.25) is 14.5 Å². The predicted molar refractivity (Wildman–Crippen MR) is 94.9 cm³/mol. The lowest BCUT2D eigenvalue weighted by Gasteiger charge is -2.01. The van der Waals surface area contributed by atoms with Gasteiger partial charge in [-0.2, -0.15) is 0 Å². The minimum Gasteiger partial charge on any atom is -0.481 e. The van der Waals surface area contributed by atoms with E-state index in [2.05, 4.69) is 6.92 Å². The summed E-state index contributed by atoms with van der Waals surface area (Å²) >= 11 is 0. The van der Waals surface area contributed by atoms with Crippen molar-refractivity contribution in [1.29, 1.82) is 0 Å². The third kappa shape index (κ3) is 29.5. The molecule has 0 radical (unpaired) electrons. The Kier molecular flexibility index (Phi) is 19.9. The van der Waals surface area contributed by atoms with Crippen LogP contribution in [0.25, 0.3) is 0 Å². The predicted octanol–water partition coefficient (Wildman–Crippen LogP) is 4.40. The van der Waals surface area contributed by atoms with Gasteiger partial charge in [-0.1, -0.05) is 71.1 Å². The Morgan fingerprint density at radius 3 is 1.35 bits per heavy atom. The van der Waals surface area contributed by atoms with E-state index in [4.69, 9.17) is 10.2 Å². The molecule has 0 amide bonds. The van der Waals surface area contributed by atoms with Crippen LogP contribution in [0.5, 0.6) is 0 Å².